The van der Waals surface area contributed by atoms with Gasteiger partial charge in [-0.2, -0.15) is 4.98 Å². The van der Waals surface area contributed by atoms with E-state index in [1.807, 2.05) is 42.5 Å². The second-order valence-electron chi connectivity index (χ2n) is 7.74. The minimum absolute atomic E-state index is 0.0439. The molecule has 1 aromatic heterocycles. The lowest BCUT2D eigenvalue weighted by Crippen LogP contribution is -2.34. The molecule has 1 amide bonds. The maximum Gasteiger partial charge on any atom is 0.251 e. The lowest BCUT2D eigenvalue weighted by Gasteiger charge is -2.16. The molecule has 1 aliphatic rings. The van der Waals surface area contributed by atoms with Gasteiger partial charge < -0.3 is 14.8 Å². The fourth-order valence-electron chi connectivity index (χ4n) is 3.82. The molecule has 2 aromatic carbocycles. The van der Waals surface area contributed by atoms with Crippen LogP contribution in [0.15, 0.2) is 60.8 Å². The Kier molecular flexibility index (Phi) is 6.77. The maximum atomic E-state index is 12.8. The lowest BCUT2D eigenvalue weighted by molar-refractivity contribution is 0.0933. The van der Waals surface area contributed by atoms with Gasteiger partial charge >= 0.3 is 0 Å². The molecule has 31 heavy (non-hydrogen) atoms. The summed E-state index contributed by atoms with van der Waals surface area (Å²) in [5.74, 6) is 2.22. The maximum absolute atomic E-state index is 12.8. The van der Waals surface area contributed by atoms with Crippen molar-refractivity contribution in [3.8, 4) is 28.8 Å². The van der Waals surface area contributed by atoms with Crippen molar-refractivity contribution in [3.63, 3.8) is 0 Å². The SMILES string of the molecule is COc1cccc(Oc2ccnc(-c3cccc(C(=O)NC4CCCCCC4)c3)n2)c1. The zero-order valence-electron chi connectivity index (χ0n) is 17.7. The van der Waals surface area contributed by atoms with Crippen molar-refractivity contribution in [2.45, 2.75) is 44.6 Å². The van der Waals surface area contributed by atoms with Gasteiger partial charge in [0.15, 0.2) is 5.82 Å². The van der Waals surface area contributed by atoms with Gasteiger partial charge in [-0.1, -0.05) is 43.9 Å². The van der Waals surface area contributed by atoms with Crippen LogP contribution in [0.2, 0.25) is 0 Å². The summed E-state index contributed by atoms with van der Waals surface area (Å²) in [6.07, 6.45) is 8.63. The molecule has 4 rings (SSSR count). The summed E-state index contributed by atoms with van der Waals surface area (Å²) >= 11 is 0. The van der Waals surface area contributed by atoms with Crippen molar-refractivity contribution in [3.05, 3.63) is 66.4 Å². The number of carbonyl (C=O) groups is 1. The van der Waals surface area contributed by atoms with E-state index in [4.69, 9.17) is 9.47 Å². The summed E-state index contributed by atoms with van der Waals surface area (Å²) in [6.45, 7) is 0. The van der Waals surface area contributed by atoms with Gasteiger partial charge in [0.2, 0.25) is 5.88 Å². The molecule has 1 N–H and O–H groups in total. The molecule has 1 saturated carbocycles. The Morgan fingerprint density at radius 1 is 0.968 bits per heavy atom. The Morgan fingerprint density at radius 3 is 2.55 bits per heavy atom. The van der Waals surface area contributed by atoms with Crippen LogP contribution >= 0.6 is 0 Å². The second-order valence-corrected chi connectivity index (χ2v) is 7.74. The molecule has 0 atom stereocenters. The van der Waals surface area contributed by atoms with E-state index in [2.05, 4.69) is 15.3 Å². The quantitative estimate of drug-likeness (QED) is 0.544. The summed E-state index contributed by atoms with van der Waals surface area (Å²) in [6, 6.07) is 16.7. The topological polar surface area (TPSA) is 73.3 Å². The van der Waals surface area contributed by atoms with E-state index in [9.17, 15) is 4.79 Å². The molecule has 0 saturated heterocycles. The van der Waals surface area contributed by atoms with Gasteiger partial charge in [0.05, 0.1) is 7.11 Å². The molecule has 0 aliphatic heterocycles. The first-order chi connectivity index (χ1) is 15.2. The van der Waals surface area contributed by atoms with E-state index < -0.39 is 0 Å². The van der Waals surface area contributed by atoms with Gasteiger partial charge in [0.25, 0.3) is 5.91 Å². The summed E-state index contributed by atoms with van der Waals surface area (Å²) < 4.78 is 11.1. The Morgan fingerprint density at radius 2 is 1.74 bits per heavy atom. The number of hydrogen-bond acceptors (Lipinski definition) is 5. The van der Waals surface area contributed by atoms with Gasteiger partial charge in [0.1, 0.15) is 11.5 Å². The molecule has 1 heterocycles. The lowest BCUT2D eigenvalue weighted by atomic mass is 10.1. The summed E-state index contributed by atoms with van der Waals surface area (Å²) in [5.41, 5.74) is 1.38. The van der Waals surface area contributed by atoms with E-state index in [0.717, 1.165) is 18.4 Å². The number of hydrogen-bond donors (Lipinski definition) is 1. The standard InChI is InChI=1S/C25H27N3O3/c1-30-21-12-7-13-22(17-21)31-23-14-15-26-24(28-23)18-8-6-9-19(16-18)25(29)27-20-10-4-2-3-5-11-20/h6-9,12-17,20H,2-5,10-11H2,1H3,(H,27,29). The van der Waals surface area contributed by atoms with Crippen molar-refractivity contribution in [1.29, 1.82) is 0 Å². The Balaban J connectivity index is 1.49. The van der Waals surface area contributed by atoms with Crippen LogP contribution in [0.4, 0.5) is 0 Å². The Labute approximate surface area is 182 Å². The molecule has 0 spiro atoms. The van der Waals surface area contributed by atoms with Crippen molar-refractivity contribution in [1.82, 2.24) is 15.3 Å². The van der Waals surface area contributed by atoms with Gasteiger partial charge in [0, 0.05) is 35.5 Å². The normalized spacial score (nSPS) is 14.5. The molecule has 0 unspecified atom stereocenters. The van der Waals surface area contributed by atoms with Crippen LogP contribution in [0.25, 0.3) is 11.4 Å². The van der Waals surface area contributed by atoms with Gasteiger partial charge in [-0.3, -0.25) is 4.79 Å². The molecular weight excluding hydrogens is 390 g/mol. The highest BCUT2D eigenvalue weighted by molar-refractivity contribution is 5.95. The number of amides is 1. The molecule has 160 valence electrons. The molecule has 1 fully saturated rings. The molecule has 1 aliphatic carbocycles. The number of rotatable bonds is 6. The third-order valence-electron chi connectivity index (χ3n) is 5.47. The molecule has 6 heteroatoms. The van der Waals surface area contributed by atoms with Crippen molar-refractivity contribution in [2.24, 2.45) is 0 Å². The summed E-state index contributed by atoms with van der Waals surface area (Å²) in [4.78, 5) is 21.7. The van der Waals surface area contributed by atoms with E-state index in [1.54, 1.807) is 25.4 Å². The van der Waals surface area contributed by atoms with Gasteiger partial charge in [-0.25, -0.2) is 4.98 Å². The van der Waals surface area contributed by atoms with Crippen LogP contribution < -0.4 is 14.8 Å². The molecule has 6 nitrogen and oxygen atoms in total. The van der Waals surface area contributed by atoms with Crippen LogP contribution in [-0.2, 0) is 0 Å². The minimum atomic E-state index is -0.0439. The van der Waals surface area contributed by atoms with E-state index in [0.29, 0.717) is 28.8 Å². The van der Waals surface area contributed by atoms with Crippen LogP contribution in [0.1, 0.15) is 48.9 Å². The summed E-state index contributed by atoms with van der Waals surface area (Å²) in [5, 5.41) is 3.19. The molecule has 3 aromatic rings. The number of benzene rings is 2. The van der Waals surface area contributed by atoms with Gasteiger partial charge in [-0.05, 0) is 37.1 Å². The van der Waals surface area contributed by atoms with Gasteiger partial charge in [-0.15, -0.1) is 0 Å². The first-order valence-electron chi connectivity index (χ1n) is 10.8. The predicted octanol–water partition coefficient (Wildman–Crippen LogP) is 5.40. The smallest absolute Gasteiger partial charge is 0.251 e. The van der Waals surface area contributed by atoms with Crippen molar-refractivity contribution in [2.75, 3.05) is 7.11 Å². The highest BCUT2D eigenvalue weighted by Gasteiger charge is 2.16. The fourth-order valence-corrected chi connectivity index (χ4v) is 3.82. The number of nitrogens with one attached hydrogen (secondary N) is 1. The van der Waals surface area contributed by atoms with Crippen LogP contribution in [0.3, 0.4) is 0 Å². The molecular formula is C25H27N3O3. The zero-order valence-corrected chi connectivity index (χ0v) is 17.7. The second kappa shape index (κ2) is 10.1. The number of ether oxygens (including phenoxy) is 2. The first-order valence-corrected chi connectivity index (χ1v) is 10.8. The fraction of sp³-hybridized carbons (Fsp3) is 0.320. The molecule has 0 radical (unpaired) electrons. The third kappa shape index (κ3) is 5.60. The highest BCUT2D eigenvalue weighted by atomic mass is 16.5. The largest absolute Gasteiger partial charge is 0.497 e. The van der Waals surface area contributed by atoms with Crippen LogP contribution in [0.5, 0.6) is 17.4 Å². The Hall–Kier alpha value is -3.41. The first kappa shape index (κ1) is 20.8. The van der Waals surface area contributed by atoms with Crippen molar-refractivity contribution < 1.29 is 14.3 Å². The average Bonchev–Trinajstić information content (AvgIpc) is 3.08. The number of aromatic nitrogens is 2. The monoisotopic (exact) mass is 417 g/mol. The number of methoxy groups -OCH3 is 1. The van der Waals surface area contributed by atoms with E-state index in [-0.39, 0.29) is 11.9 Å². The zero-order chi connectivity index (χ0) is 21.5. The minimum Gasteiger partial charge on any atom is -0.497 e. The van der Waals surface area contributed by atoms with Crippen LogP contribution in [-0.4, -0.2) is 29.0 Å². The highest BCUT2D eigenvalue weighted by Crippen LogP contribution is 2.26. The number of carbonyl (C=O) groups excluding carboxylic acids is 1. The predicted molar refractivity (Wildman–Crippen MR) is 119 cm³/mol. The average molecular weight is 418 g/mol. The summed E-state index contributed by atoms with van der Waals surface area (Å²) in [7, 11) is 1.61. The third-order valence-corrected chi connectivity index (χ3v) is 5.47. The van der Waals surface area contributed by atoms with Crippen LogP contribution in [0, 0.1) is 0 Å². The van der Waals surface area contributed by atoms with Crippen molar-refractivity contribution >= 4 is 5.91 Å². The van der Waals surface area contributed by atoms with E-state index >= 15 is 0 Å². The molecule has 0 bridgehead atoms. The van der Waals surface area contributed by atoms with E-state index in [1.165, 1.54) is 25.7 Å². The number of nitrogens with zero attached hydrogens (tertiary/aromatic N) is 2. The Bertz CT molecular complexity index is 1030.